The molecule has 1 aromatic rings. The van der Waals surface area contributed by atoms with Gasteiger partial charge in [0.1, 0.15) is 0 Å². The molecule has 20 heavy (non-hydrogen) atoms. The Labute approximate surface area is 126 Å². The van der Waals surface area contributed by atoms with Crippen LogP contribution in [0.1, 0.15) is 57.9 Å². The van der Waals surface area contributed by atoms with Gasteiger partial charge in [0, 0.05) is 11.4 Å². The van der Waals surface area contributed by atoms with Crippen molar-refractivity contribution >= 4 is 23.2 Å². The predicted octanol–water partition coefficient (Wildman–Crippen LogP) is 4.54. The highest BCUT2D eigenvalue weighted by Gasteiger charge is 2.04. The van der Waals surface area contributed by atoms with Crippen molar-refractivity contribution in [1.82, 2.24) is 5.43 Å². The second-order valence-electron chi connectivity index (χ2n) is 4.77. The molecule has 0 spiro atoms. The van der Waals surface area contributed by atoms with Gasteiger partial charge < -0.3 is 0 Å². The Morgan fingerprint density at radius 2 is 2.05 bits per heavy atom. The number of hydrogen-bond donors (Lipinski definition) is 1. The summed E-state index contributed by atoms with van der Waals surface area (Å²) in [4.78, 5) is 11.7. The lowest BCUT2D eigenvalue weighted by molar-refractivity contribution is -0.121. The number of rotatable bonds is 8. The molecular weight excluding hydrogens is 272 g/mol. The van der Waals surface area contributed by atoms with Gasteiger partial charge in [0.2, 0.25) is 5.91 Å². The molecule has 0 aliphatic carbocycles. The van der Waals surface area contributed by atoms with Gasteiger partial charge in [-0.2, -0.15) is 5.10 Å². The standard InChI is InChI=1S/C16H23ClN2O/c1-3-5-6-7-11-16(20)19-18-15(4-2)13-9-8-10-14(17)12-13/h8-10,12H,3-7,11H2,1-2H3,(H,19,20)/b18-15-. The molecule has 0 fully saturated rings. The minimum atomic E-state index is -0.0194. The zero-order valence-corrected chi connectivity index (χ0v) is 13.0. The van der Waals surface area contributed by atoms with Gasteiger partial charge in [-0.1, -0.05) is 56.8 Å². The molecule has 3 nitrogen and oxygen atoms in total. The average molecular weight is 295 g/mol. The van der Waals surface area contributed by atoms with Gasteiger partial charge >= 0.3 is 0 Å². The molecule has 0 saturated heterocycles. The number of hydrazone groups is 1. The van der Waals surface area contributed by atoms with E-state index in [1.54, 1.807) is 0 Å². The van der Waals surface area contributed by atoms with E-state index in [1.165, 1.54) is 12.8 Å². The highest BCUT2D eigenvalue weighted by molar-refractivity contribution is 6.31. The quantitative estimate of drug-likeness (QED) is 0.427. The van der Waals surface area contributed by atoms with E-state index in [0.717, 1.165) is 30.5 Å². The fourth-order valence-corrected chi connectivity index (χ4v) is 2.10. The third-order valence-corrected chi connectivity index (χ3v) is 3.30. The van der Waals surface area contributed by atoms with E-state index in [9.17, 15) is 4.79 Å². The molecular formula is C16H23ClN2O. The monoisotopic (exact) mass is 294 g/mol. The van der Waals surface area contributed by atoms with E-state index in [0.29, 0.717) is 11.4 Å². The molecule has 0 atom stereocenters. The normalized spacial score (nSPS) is 11.4. The van der Waals surface area contributed by atoms with Crippen molar-refractivity contribution in [2.75, 3.05) is 0 Å². The lowest BCUT2D eigenvalue weighted by Crippen LogP contribution is -2.19. The van der Waals surface area contributed by atoms with Gasteiger partial charge in [0.05, 0.1) is 5.71 Å². The Morgan fingerprint density at radius 3 is 2.70 bits per heavy atom. The van der Waals surface area contributed by atoms with Crippen LogP contribution in [0.3, 0.4) is 0 Å². The maximum Gasteiger partial charge on any atom is 0.240 e. The third-order valence-electron chi connectivity index (χ3n) is 3.07. The first-order chi connectivity index (χ1) is 9.67. The molecule has 0 aliphatic rings. The first-order valence-electron chi connectivity index (χ1n) is 7.28. The summed E-state index contributed by atoms with van der Waals surface area (Å²) in [6, 6.07) is 7.51. The van der Waals surface area contributed by atoms with Crippen LogP contribution in [-0.4, -0.2) is 11.6 Å². The summed E-state index contributed by atoms with van der Waals surface area (Å²) in [6.07, 6.45) is 5.66. The first kappa shape index (κ1) is 16.7. The molecule has 1 rings (SSSR count). The molecule has 1 amide bonds. The van der Waals surface area contributed by atoms with Crippen molar-refractivity contribution in [2.24, 2.45) is 5.10 Å². The number of hydrogen-bond acceptors (Lipinski definition) is 2. The summed E-state index contributed by atoms with van der Waals surface area (Å²) in [5.41, 5.74) is 4.43. The SMILES string of the molecule is CCCCCCC(=O)N/N=C(/CC)c1cccc(Cl)c1. The van der Waals surface area contributed by atoms with Crippen LogP contribution in [-0.2, 0) is 4.79 Å². The minimum Gasteiger partial charge on any atom is -0.273 e. The van der Waals surface area contributed by atoms with Crippen LogP contribution >= 0.6 is 11.6 Å². The predicted molar refractivity (Wildman–Crippen MR) is 85.2 cm³/mol. The maximum absolute atomic E-state index is 11.7. The van der Waals surface area contributed by atoms with Gasteiger partial charge in [-0.3, -0.25) is 4.79 Å². The van der Waals surface area contributed by atoms with Crippen molar-refractivity contribution in [1.29, 1.82) is 0 Å². The molecule has 4 heteroatoms. The fourth-order valence-electron chi connectivity index (χ4n) is 1.91. The molecule has 0 radical (unpaired) electrons. The third kappa shape index (κ3) is 6.20. The number of nitrogens with zero attached hydrogens (tertiary/aromatic N) is 1. The maximum atomic E-state index is 11.7. The van der Waals surface area contributed by atoms with E-state index < -0.39 is 0 Å². The van der Waals surface area contributed by atoms with Crippen LogP contribution in [0.25, 0.3) is 0 Å². The molecule has 0 saturated carbocycles. The number of amides is 1. The summed E-state index contributed by atoms with van der Waals surface area (Å²) in [5, 5.41) is 4.89. The van der Waals surface area contributed by atoms with Crippen LogP contribution in [0.2, 0.25) is 5.02 Å². The zero-order chi connectivity index (χ0) is 14.8. The van der Waals surface area contributed by atoms with E-state index in [4.69, 9.17) is 11.6 Å². The van der Waals surface area contributed by atoms with Crippen LogP contribution < -0.4 is 5.43 Å². The summed E-state index contributed by atoms with van der Waals surface area (Å²) >= 11 is 5.96. The van der Waals surface area contributed by atoms with Crippen LogP contribution in [0.15, 0.2) is 29.4 Å². The van der Waals surface area contributed by atoms with Crippen LogP contribution in [0.4, 0.5) is 0 Å². The van der Waals surface area contributed by atoms with Crippen molar-refractivity contribution in [3.8, 4) is 0 Å². The van der Waals surface area contributed by atoms with Gasteiger partial charge in [-0.25, -0.2) is 5.43 Å². The number of unbranched alkanes of at least 4 members (excludes halogenated alkanes) is 3. The van der Waals surface area contributed by atoms with Gasteiger partial charge in [-0.05, 0) is 30.5 Å². The van der Waals surface area contributed by atoms with Crippen LogP contribution in [0.5, 0.6) is 0 Å². The van der Waals surface area contributed by atoms with Gasteiger partial charge in [-0.15, -0.1) is 0 Å². The molecule has 0 aromatic heterocycles. The Kier molecular flexibility index (Phi) is 7.97. The van der Waals surface area contributed by atoms with E-state index in [2.05, 4.69) is 17.5 Å². The van der Waals surface area contributed by atoms with Crippen molar-refractivity contribution in [3.63, 3.8) is 0 Å². The molecule has 0 heterocycles. The summed E-state index contributed by atoms with van der Waals surface area (Å²) in [5.74, 6) is -0.0194. The number of benzene rings is 1. The molecule has 0 unspecified atom stereocenters. The Balaban J connectivity index is 2.51. The second kappa shape index (κ2) is 9.54. The van der Waals surface area contributed by atoms with E-state index in [-0.39, 0.29) is 5.91 Å². The van der Waals surface area contributed by atoms with Gasteiger partial charge in [0.25, 0.3) is 0 Å². The number of halogens is 1. The number of carbonyl (C=O) groups excluding carboxylic acids is 1. The van der Waals surface area contributed by atoms with Gasteiger partial charge in [0.15, 0.2) is 0 Å². The summed E-state index contributed by atoms with van der Waals surface area (Å²) in [6.45, 7) is 4.16. The smallest absolute Gasteiger partial charge is 0.240 e. The topological polar surface area (TPSA) is 41.5 Å². The lowest BCUT2D eigenvalue weighted by atomic mass is 10.1. The second-order valence-corrected chi connectivity index (χ2v) is 5.20. The van der Waals surface area contributed by atoms with E-state index in [1.807, 2.05) is 31.2 Å². The zero-order valence-electron chi connectivity index (χ0n) is 12.3. The highest BCUT2D eigenvalue weighted by atomic mass is 35.5. The lowest BCUT2D eigenvalue weighted by Gasteiger charge is -2.05. The minimum absolute atomic E-state index is 0.0194. The van der Waals surface area contributed by atoms with Crippen LogP contribution in [0, 0.1) is 0 Å². The summed E-state index contributed by atoms with van der Waals surface area (Å²) < 4.78 is 0. The van der Waals surface area contributed by atoms with E-state index >= 15 is 0 Å². The van der Waals surface area contributed by atoms with Crippen molar-refractivity contribution < 1.29 is 4.79 Å². The fraction of sp³-hybridized carbons (Fsp3) is 0.500. The number of carbonyl (C=O) groups is 1. The van der Waals surface area contributed by atoms with Crippen molar-refractivity contribution in [3.05, 3.63) is 34.9 Å². The Bertz CT molecular complexity index is 458. The summed E-state index contributed by atoms with van der Waals surface area (Å²) in [7, 11) is 0. The molecule has 1 N–H and O–H groups in total. The molecule has 110 valence electrons. The first-order valence-corrected chi connectivity index (χ1v) is 7.66. The number of nitrogens with one attached hydrogen (secondary N) is 1. The largest absolute Gasteiger partial charge is 0.273 e. The van der Waals surface area contributed by atoms with Crippen molar-refractivity contribution in [2.45, 2.75) is 52.4 Å². The Hall–Kier alpha value is -1.35. The molecule has 0 bridgehead atoms. The Morgan fingerprint density at radius 1 is 1.25 bits per heavy atom. The molecule has 0 aliphatic heterocycles. The molecule has 1 aromatic carbocycles. The average Bonchev–Trinajstić information content (AvgIpc) is 2.44. The highest BCUT2D eigenvalue weighted by Crippen LogP contribution is 2.12.